The van der Waals surface area contributed by atoms with Gasteiger partial charge in [-0.2, -0.15) is 0 Å². The number of rotatable bonds is 3. The molecule has 0 bridgehead atoms. The standard InChI is InChI=1S/C22H22ClN3O2S/c1-12(2)26-10-9-14-18(11-26)29-22-19(14)21(27)24-20(25-22)17-8-7-16(28-17)13-5-3-4-6-15(13)23/h3-8,12,20,25H,9-11H2,1-2H3,(H,24,27). The van der Waals surface area contributed by atoms with Crippen LogP contribution in [0.25, 0.3) is 11.3 Å². The first kappa shape index (κ1) is 18.7. The van der Waals surface area contributed by atoms with E-state index in [1.807, 2.05) is 36.4 Å². The number of furan rings is 1. The Morgan fingerprint density at radius 3 is 2.83 bits per heavy atom. The number of hydrogen-bond donors (Lipinski definition) is 2. The van der Waals surface area contributed by atoms with Crippen LogP contribution in [0.5, 0.6) is 0 Å². The van der Waals surface area contributed by atoms with Crippen LogP contribution in [-0.4, -0.2) is 23.4 Å². The average Bonchev–Trinajstić information content (AvgIpc) is 3.32. The van der Waals surface area contributed by atoms with Gasteiger partial charge in [-0.05, 0) is 50.1 Å². The van der Waals surface area contributed by atoms with E-state index in [0.717, 1.165) is 35.6 Å². The average molecular weight is 428 g/mol. The number of thiophene rings is 1. The van der Waals surface area contributed by atoms with E-state index in [2.05, 4.69) is 29.4 Å². The zero-order valence-corrected chi connectivity index (χ0v) is 17.9. The van der Waals surface area contributed by atoms with Crippen LogP contribution in [0.2, 0.25) is 5.02 Å². The molecule has 2 aromatic heterocycles. The molecule has 5 rings (SSSR count). The minimum Gasteiger partial charge on any atom is -0.457 e. The highest BCUT2D eigenvalue weighted by molar-refractivity contribution is 7.16. The van der Waals surface area contributed by atoms with Crippen molar-refractivity contribution in [2.75, 3.05) is 11.9 Å². The van der Waals surface area contributed by atoms with Gasteiger partial charge in [-0.15, -0.1) is 11.3 Å². The number of fused-ring (bicyclic) bond motifs is 3. The molecule has 0 saturated heterocycles. The Labute approximate surface area is 178 Å². The van der Waals surface area contributed by atoms with Crippen molar-refractivity contribution in [2.45, 2.75) is 39.0 Å². The predicted molar refractivity (Wildman–Crippen MR) is 117 cm³/mol. The summed E-state index contributed by atoms with van der Waals surface area (Å²) < 4.78 is 6.04. The monoisotopic (exact) mass is 427 g/mol. The summed E-state index contributed by atoms with van der Waals surface area (Å²) in [5.74, 6) is 1.31. The molecule has 0 saturated carbocycles. The smallest absolute Gasteiger partial charge is 0.256 e. The molecule has 3 aromatic rings. The van der Waals surface area contributed by atoms with Crippen LogP contribution in [0, 0.1) is 0 Å². The van der Waals surface area contributed by atoms with Gasteiger partial charge in [-0.3, -0.25) is 9.69 Å². The van der Waals surface area contributed by atoms with Gasteiger partial charge in [0, 0.05) is 29.6 Å². The largest absolute Gasteiger partial charge is 0.457 e. The van der Waals surface area contributed by atoms with Gasteiger partial charge in [0.1, 0.15) is 16.5 Å². The number of carbonyl (C=O) groups is 1. The number of anilines is 1. The maximum atomic E-state index is 12.9. The molecule has 0 aliphatic carbocycles. The molecule has 0 radical (unpaired) electrons. The summed E-state index contributed by atoms with van der Waals surface area (Å²) in [6, 6.07) is 11.8. The fourth-order valence-electron chi connectivity index (χ4n) is 4.03. The van der Waals surface area contributed by atoms with E-state index in [1.54, 1.807) is 11.3 Å². The van der Waals surface area contributed by atoms with Crippen molar-refractivity contribution in [3.63, 3.8) is 0 Å². The summed E-state index contributed by atoms with van der Waals surface area (Å²) in [6.07, 6.45) is 0.517. The van der Waals surface area contributed by atoms with Gasteiger partial charge < -0.3 is 15.1 Å². The van der Waals surface area contributed by atoms with Crippen molar-refractivity contribution in [1.29, 1.82) is 0 Å². The van der Waals surface area contributed by atoms with Crippen molar-refractivity contribution in [3.8, 4) is 11.3 Å². The maximum Gasteiger partial charge on any atom is 0.256 e. The van der Waals surface area contributed by atoms with Crippen molar-refractivity contribution in [3.05, 3.63) is 63.2 Å². The van der Waals surface area contributed by atoms with E-state index in [1.165, 1.54) is 10.4 Å². The first-order chi connectivity index (χ1) is 14.0. The molecule has 2 aliphatic rings. The van der Waals surface area contributed by atoms with Gasteiger partial charge in [0.25, 0.3) is 5.91 Å². The molecule has 1 amide bonds. The molecule has 5 nitrogen and oxygen atoms in total. The van der Waals surface area contributed by atoms with Crippen molar-refractivity contribution in [1.82, 2.24) is 10.2 Å². The Kier molecular flexibility index (Phi) is 4.65. The quantitative estimate of drug-likeness (QED) is 0.596. The van der Waals surface area contributed by atoms with Crippen LogP contribution in [0.1, 0.15) is 46.6 Å². The fraction of sp³-hybridized carbons (Fsp3) is 0.318. The third-order valence-corrected chi connectivity index (χ3v) is 7.12. The van der Waals surface area contributed by atoms with Crippen molar-refractivity contribution >= 4 is 33.8 Å². The van der Waals surface area contributed by atoms with Crippen LogP contribution in [0.4, 0.5) is 5.00 Å². The second-order valence-corrected chi connectivity index (χ2v) is 9.27. The molecule has 1 atom stereocenters. The summed E-state index contributed by atoms with van der Waals surface area (Å²) >= 11 is 7.98. The summed E-state index contributed by atoms with van der Waals surface area (Å²) in [6.45, 7) is 6.32. The van der Waals surface area contributed by atoms with Gasteiger partial charge in [-0.25, -0.2) is 0 Å². The van der Waals surface area contributed by atoms with Gasteiger partial charge in [-0.1, -0.05) is 23.7 Å². The van der Waals surface area contributed by atoms with Crippen molar-refractivity contribution in [2.24, 2.45) is 0 Å². The SMILES string of the molecule is CC(C)N1CCc2c(sc3c2C(=O)NC(c2ccc(-c4ccccc4Cl)o2)N3)C1. The summed E-state index contributed by atoms with van der Waals surface area (Å²) in [5.41, 5.74) is 2.84. The van der Waals surface area contributed by atoms with Crippen LogP contribution in [0.15, 0.2) is 40.8 Å². The maximum absolute atomic E-state index is 12.9. The zero-order chi connectivity index (χ0) is 20.1. The molecular weight excluding hydrogens is 406 g/mol. The van der Waals surface area contributed by atoms with Crippen LogP contribution < -0.4 is 10.6 Å². The number of nitrogens with one attached hydrogen (secondary N) is 2. The van der Waals surface area contributed by atoms with Gasteiger partial charge in [0.15, 0.2) is 6.17 Å². The lowest BCUT2D eigenvalue weighted by Crippen LogP contribution is -2.39. The number of hydrogen-bond acceptors (Lipinski definition) is 5. The Bertz CT molecular complexity index is 1090. The number of halogens is 1. The Balaban J connectivity index is 1.43. The molecule has 2 N–H and O–H groups in total. The predicted octanol–water partition coefficient (Wildman–Crippen LogP) is 5.28. The van der Waals surface area contributed by atoms with Gasteiger partial charge >= 0.3 is 0 Å². The van der Waals surface area contributed by atoms with E-state index in [0.29, 0.717) is 22.6 Å². The number of amides is 1. The number of benzene rings is 1. The molecule has 4 heterocycles. The lowest BCUT2D eigenvalue weighted by molar-refractivity contribution is 0.0930. The molecule has 1 unspecified atom stereocenters. The summed E-state index contributed by atoms with van der Waals surface area (Å²) in [5, 5.41) is 8.09. The first-order valence-electron chi connectivity index (χ1n) is 9.82. The second kappa shape index (κ2) is 7.20. The van der Waals surface area contributed by atoms with Crippen LogP contribution in [-0.2, 0) is 13.0 Å². The van der Waals surface area contributed by atoms with Gasteiger partial charge in [0.05, 0.1) is 10.6 Å². The second-order valence-electron chi connectivity index (χ2n) is 7.75. The molecule has 1 aromatic carbocycles. The Morgan fingerprint density at radius 2 is 2.03 bits per heavy atom. The molecule has 7 heteroatoms. The van der Waals surface area contributed by atoms with E-state index in [9.17, 15) is 4.79 Å². The highest BCUT2D eigenvalue weighted by Gasteiger charge is 2.34. The van der Waals surface area contributed by atoms with E-state index >= 15 is 0 Å². The first-order valence-corrected chi connectivity index (χ1v) is 11.0. The zero-order valence-electron chi connectivity index (χ0n) is 16.3. The van der Waals surface area contributed by atoms with E-state index < -0.39 is 6.17 Å². The fourth-order valence-corrected chi connectivity index (χ4v) is 5.56. The minimum atomic E-state index is -0.396. The summed E-state index contributed by atoms with van der Waals surface area (Å²) in [7, 11) is 0. The Hall–Kier alpha value is -2.28. The molecule has 0 fully saturated rings. The lowest BCUT2D eigenvalue weighted by atomic mass is 10.0. The number of carbonyl (C=O) groups excluding carboxylic acids is 1. The third-order valence-electron chi connectivity index (χ3n) is 5.65. The highest BCUT2D eigenvalue weighted by atomic mass is 35.5. The molecule has 150 valence electrons. The van der Waals surface area contributed by atoms with Crippen LogP contribution >= 0.6 is 22.9 Å². The molecular formula is C22H22ClN3O2S. The normalized spacial score (nSPS) is 18.9. The lowest BCUT2D eigenvalue weighted by Gasteiger charge is -2.30. The summed E-state index contributed by atoms with van der Waals surface area (Å²) in [4.78, 5) is 16.7. The third kappa shape index (κ3) is 3.25. The molecule has 0 spiro atoms. The van der Waals surface area contributed by atoms with E-state index in [4.69, 9.17) is 16.0 Å². The van der Waals surface area contributed by atoms with Gasteiger partial charge in [0.2, 0.25) is 0 Å². The highest BCUT2D eigenvalue weighted by Crippen LogP contribution is 2.41. The topological polar surface area (TPSA) is 57.5 Å². The minimum absolute atomic E-state index is 0.0325. The van der Waals surface area contributed by atoms with E-state index in [-0.39, 0.29) is 5.91 Å². The number of nitrogens with zero attached hydrogens (tertiary/aromatic N) is 1. The molecule has 2 aliphatic heterocycles. The molecule has 29 heavy (non-hydrogen) atoms. The van der Waals surface area contributed by atoms with Crippen LogP contribution in [0.3, 0.4) is 0 Å². The Morgan fingerprint density at radius 1 is 1.21 bits per heavy atom. The van der Waals surface area contributed by atoms with Crippen molar-refractivity contribution < 1.29 is 9.21 Å².